The third-order valence-electron chi connectivity index (χ3n) is 1.66. The number of rotatable bonds is 1. The van der Waals surface area contributed by atoms with Gasteiger partial charge < -0.3 is 0 Å². The molecule has 2 aliphatic heterocycles. The average Bonchev–Trinajstić information content (AvgIpc) is 2.47. The first-order valence-electron chi connectivity index (χ1n) is 3.90. The minimum Gasteiger partial charge on any atom is -0.272 e. The van der Waals surface area contributed by atoms with Crippen molar-refractivity contribution in [1.29, 1.82) is 0 Å². The van der Waals surface area contributed by atoms with Gasteiger partial charge in [0, 0.05) is 0 Å². The predicted octanol–water partition coefficient (Wildman–Crippen LogP) is 0.572. The highest BCUT2D eigenvalue weighted by Crippen LogP contribution is 2.25. The number of hydrogen-bond donors (Lipinski definition) is 0. The zero-order valence-electron chi connectivity index (χ0n) is 6.98. The number of fused-ring (bicyclic) bond motifs is 1. The maximum absolute atomic E-state index is 11.3. The van der Waals surface area contributed by atoms with Crippen LogP contribution in [0.3, 0.4) is 0 Å². The minimum atomic E-state index is -0.378. The molecule has 2 amide bonds. The smallest absolute Gasteiger partial charge is 0.258 e. The molecule has 68 valence electrons. The van der Waals surface area contributed by atoms with E-state index in [9.17, 15) is 9.59 Å². The Kier molecular flexibility index (Phi) is 1.91. The van der Waals surface area contributed by atoms with Gasteiger partial charge in [-0.3, -0.25) is 9.59 Å². The molecule has 2 heterocycles. The monoisotopic (exact) mass is 197 g/mol. The van der Waals surface area contributed by atoms with Crippen molar-refractivity contribution in [2.75, 3.05) is 0 Å². The predicted molar refractivity (Wildman–Crippen MR) is 49.2 cm³/mol. The minimum absolute atomic E-state index is 0.162. The van der Waals surface area contributed by atoms with Crippen molar-refractivity contribution >= 4 is 33.8 Å². The molecule has 0 aromatic heterocycles. The Balaban J connectivity index is 2.32. The third kappa shape index (κ3) is 1.37. The van der Waals surface area contributed by atoms with Gasteiger partial charge in [-0.2, -0.15) is 15.1 Å². The molecule has 0 N–H and O–H groups in total. The molecule has 13 heavy (non-hydrogen) atoms. The molecule has 0 aromatic rings. The Hall–Kier alpha value is -1.17. The molecule has 0 bridgehead atoms. The highest BCUT2D eigenvalue weighted by Gasteiger charge is 2.33. The number of amides is 2. The molecular formula is C7H7N3O2S. The van der Waals surface area contributed by atoms with E-state index >= 15 is 0 Å². The molecule has 5 nitrogen and oxygen atoms in total. The third-order valence-corrected chi connectivity index (χ3v) is 2.72. The summed E-state index contributed by atoms with van der Waals surface area (Å²) in [6.45, 7) is 1.94. The summed E-state index contributed by atoms with van der Waals surface area (Å²) in [4.78, 5) is 25.9. The first kappa shape index (κ1) is 8.43. The van der Waals surface area contributed by atoms with Gasteiger partial charge in [0.1, 0.15) is 11.5 Å². The van der Waals surface area contributed by atoms with E-state index in [2.05, 4.69) is 10.1 Å². The van der Waals surface area contributed by atoms with Crippen molar-refractivity contribution in [3.63, 3.8) is 0 Å². The number of nitrogens with zero attached hydrogens (tertiary/aromatic N) is 3. The fourth-order valence-electron chi connectivity index (χ4n) is 1.05. The van der Waals surface area contributed by atoms with Crippen LogP contribution in [0.5, 0.6) is 0 Å². The summed E-state index contributed by atoms with van der Waals surface area (Å²) >= 11 is 1.29. The van der Waals surface area contributed by atoms with Gasteiger partial charge >= 0.3 is 0 Å². The Morgan fingerprint density at radius 3 is 3.00 bits per heavy atom. The second-order valence-corrected chi connectivity index (χ2v) is 3.66. The van der Waals surface area contributed by atoms with Crippen molar-refractivity contribution < 1.29 is 9.59 Å². The lowest BCUT2D eigenvalue weighted by atomic mass is 10.3. The number of hydrogen-bond acceptors (Lipinski definition) is 4. The van der Waals surface area contributed by atoms with Crippen LogP contribution in [0.2, 0.25) is 0 Å². The Morgan fingerprint density at radius 1 is 1.54 bits per heavy atom. The van der Waals surface area contributed by atoms with Gasteiger partial charge in [0.2, 0.25) is 5.17 Å². The lowest BCUT2D eigenvalue weighted by Gasteiger charge is -2.14. The second-order valence-electron chi connectivity index (χ2n) is 2.62. The Labute approximate surface area is 78.9 Å². The maximum atomic E-state index is 11.3. The molecular weight excluding hydrogens is 190 g/mol. The first-order chi connectivity index (χ1) is 6.20. The van der Waals surface area contributed by atoms with E-state index in [4.69, 9.17) is 0 Å². The summed E-state index contributed by atoms with van der Waals surface area (Å²) in [6, 6.07) is 0. The van der Waals surface area contributed by atoms with E-state index in [1.54, 1.807) is 0 Å². The molecule has 0 fully saturated rings. The molecule has 2 aliphatic rings. The van der Waals surface area contributed by atoms with Gasteiger partial charge in [0.15, 0.2) is 0 Å². The van der Waals surface area contributed by atoms with Crippen LogP contribution in [0.4, 0.5) is 0 Å². The molecule has 0 atom stereocenters. The molecule has 0 saturated carbocycles. The highest BCUT2D eigenvalue weighted by molar-refractivity contribution is 8.26. The van der Waals surface area contributed by atoms with E-state index in [0.29, 0.717) is 5.17 Å². The Morgan fingerprint density at radius 2 is 2.31 bits per heavy atom. The molecule has 0 spiro atoms. The van der Waals surface area contributed by atoms with E-state index < -0.39 is 0 Å². The SMILES string of the molecule is CCC1=NN2C(=O)CC(=O)N=C2S1. The fourth-order valence-corrected chi connectivity index (χ4v) is 1.90. The molecule has 2 rings (SSSR count). The number of carbonyl (C=O) groups is 2. The summed E-state index contributed by atoms with van der Waals surface area (Å²) in [6.07, 6.45) is 0.589. The van der Waals surface area contributed by atoms with Gasteiger partial charge in [-0.25, -0.2) is 0 Å². The summed E-state index contributed by atoms with van der Waals surface area (Å²) < 4.78 is 0. The van der Waals surface area contributed by atoms with Crippen LogP contribution in [-0.4, -0.2) is 27.0 Å². The lowest BCUT2D eigenvalue weighted by Crippen LogP contribution is -2.33. The van der Waals surface area contributed by atoms with Crippen LogP contribution in [0, 0.1) is 0 Å². The van der Waals surface area contributed by atoms with Gasteiger partial charge in [-0.05, 0) is 18.2 Å². The number of thioether (sulfide) groups is 1. The second kappa shape index (κ2) is 2.95. The molecule has 0 unspecified atom stereocenters. The van der Waals surface area contributed by atoms with E-state index in [1.165, 1.54) is 16.8 Å². The number of hydrazone groups is 1. The van der Waals surface area contributed by atoms with E-state index in [1.807, 2.05) is 6.92 Å². The maximum Gasteiger partial charge on any atom is 0.258 e. The Bertz CT molecular complexity index is 348. The molecule has 0 aromatic carbocycles. The van der Waals surface area contributed by atoms with E-state index in [-0.39, 0.29) is 18.2 Å². The lowest BCUT2D eigenvalue weighted by molar-refractivity contribution is -0.133. The van der Waals surface area contributed by atoms with Crippen LogP contribution in [0.15, 0.2) is 10.1 Å². The summed E-state index contributed by atoms with van der Waals surface area (Å²) in [7, 11) is 0. The molecule has 6 heteroatoms. The van der Waals surface area contributed by atoms with Gasteiger partial charge in [-0.15, -0.1) is 0 Å². The zero-order valence-corrected chi connectivity index (χ0v) is 7.80. The van der Waals surface area contributed by atoms with Gasteiger partial charge in [-0.1, -0.05) is 6.92 Å². The highest BCUT2D eigenvalue weighted by atomic mass is 32.2. The van der Waals surface area contributed by atoms with Crippen LogP contribution >= 0.6 is 11.8 Å². The fraction of sp³-hybridized carbons (Fsp3) is 0.429. The molecule has 0 aliphatic carbocycles. The van der Waals surface area contributed by atoms with Crippen molar-refractivity contribution in [3.05, 3.63) is 0 Å². The topological polar surface area (TPSA) is 62.1 Å². The summed E-state index contributed by atoms with van der Waals surface area (Å²) in [5.41, 5.74) is 0. The van der Waals surface area contributed by atoms with Crippen LogP contribution in [0.1, 0.15) is 19.8 Å². The van der Waals surface area contributed by atoms with Crippen molar-refractivity contribution in [2.24, 2.45) is 10.1 Å². The number of carbonyl (C=O) groups excluding carboxylic acids is 2. The largest absolute Gasteiger partial charge is 0.272 e. The van der Waals surface area contributed by atoms with Crippen molar-refractivity contribution in [3.8, 4) is 0 Å². The number of amidine groups is 1. The normalized spacial score (nSPS) is 21.5. The summed E-state index contributed by atoms with van der Waals surface area (Å²) in [5, 5.41) is 6.46. The van der Waals surface area contributed by atoms with Gasteiger partial charge in [0.05, 0.1) is 0 Å². The zero-order chi connectivity index (χ0) is 9.42. The first-order valence-corrected chi connectivity index (χ1v) is 4.72. The summed E-state index contributed by atoms with van der Waals surface area (Å²) in [5.74, 6) is -0.665. The van der Waals surface area contributed by atoms with Crippen LogP contribution < -0.4 is 0 Å². The van der Waals surface area contributed by atoms with Gasteiger partial charge in [0.25, 0.3) is 11.8 Å². The molecule has 0 saturated heterocycles. The number of aliphatic imine (C=N–C) groups is 1. The van der Waals surface area contributed by atoms with E-state index in [0.717, 1.165) is 11.5 Å². The van der Waals surface area contributed by atoms with Crippen molar-refractivity contribution in [2.45, 2.75) is 19.8 Å². The standard InChI is InChI=1S/C7H7N3O2S/c1-2-5-9-10-6(12)3-4(11)8-7(10)13-5/h2-3H2,1H3. The van der Waals surface area contributed by atoms with Crippen LogP contribution in [-0.2, 0) is 9.59 Å². The van der Waals surface area contributed by atoms with Crippen molar-refractivity contribution in [1.82, 2.24) is 5.01 Å². The molecule has 0 radical (unpaired) electrons. The average molecular weight is 197 g/mol. The quantitative estimate of drug-likeness (QED) is 0.577. The van der Waals surface area contributed by atoms with Crippen LogP contribution in [0.25, 0.3) is 0 Å².